The van der Waals surface area contributed by atoms with Gasteiger partial charge >= 0.3 is 0 Å². The number of fused-ring (bicyclic) bond motifs is 1. The Morgan fingerprint density at radius 3 is 2.84 bits per heavy atom. The molecule has 4 aromatic rings. The number of hydrogen-bond acceptors (Lipinski definition) is 6. The van der Waals surface area contributed by atoms with E-state index >= 15 is 0 Å². The number of aromatic nitrogens is 2. The fourth-order valence-electron chi connectivity index (χ4n) is 3.52. The van der Waals surface area contributed by atoms with Gasteiger partial charge in [-0.05, 0) is 26.0 Å². The number of thioether (sulfide) groups is 1. The van der Waals surface area contributed by atoms with Crippen LogP contribution in [0.4, 0.5) is 0 Å². The normalized spacial score (nSPS) is 12.0. The van der Waals surface area contributed by atoms with Gasteiger partial charge < -0.3 is 19.5 Å². The molecule has 2 aromatic carbocycles. The summed E-state index contributed by atoms with van der Waals surface area (Å²) in [6.45, 7) is 3.90. The van der Waals surface area contributed by atoms with E-state index in [4.69, 9.17) is 9.15 Å². The zero-order chi connectivity index (χ0) is 22.7. The van der Waals surface area contributed by atoms with Gasteiger partial charge in [-0.3, -0.25) is 9.59 Å². The van der Waals surface area contributed by atoms with Crippen molar-refractivity contribution in [3.8, 4) is 5.75 Å². The summed E-state index contributed by atoms with van der Waals surface area (Å²) in [6.07, 6.45) is 1.46. The Bertz CT molecular complexity index is 1330. The van der Waals surface area contributed by atoms with Gasteiger partial charge in [0.05, 0.1) is 13.2 Å². The highest BCUT2D eigenvalue weighted by Crippen LogP contribution is 2.32. The van der Waals surface area contributed by atoms with E-state index in [9.17, 15) is 9.59 Å². The van der Waals surface area contributed by atoms with E-state index in [1.807, 2.05) is 56.3 Å². The summed E-state index contributed by atoms with van der Waals surface area (Å²) in [5.41, 5.74) is 3.12. The van der Waals surface area contributed by atoms with Gasteiger partial charge in [0.25, 0.3) is 11.5 Å². The Balaban J connectivity index is 1.63. The highest BCUT2D eigenvalue weighted by Gasteiger charge is 2.23. The molecule has 1 amide bonds. The Morgan fingerprint density at radius 2 is 2.06 bits per heavy atom. The van der Waals surface area contributed by atoms with Crippen LogP contribution in [0.15, 0.2) is 69.1 Å². The van der Waals surface area contributed by atoms with Gasteiger partial charge in [0.1, 0.15) is 11.3 Å². The zero-order valence-electron chi connectivity index (χ0n) is 18.0. The van der Waals surface area contributed by atoms with E-state index in [1.165, 1.54) is 24.0 Å². The first-order valence-corrected chi connectivity index (χ1v) is 11.1. The number of ether oxygens (including phenoxy) is 1. The largest absolute Gasteiger partial charge is 0.496 e. The van der Waals surface area contributed by atoms with Crippen molar-refractivity contribution in [3.05, 3.63) is 87.5 Å². The van der Waals surface area contributed by atoms with Crippen LogP contribution < -0.4 is 15.6 Å². The van der Waals surface area contributed by atoms with Crippen LogP contribution in [-0.4, -0.2) is 23.0 Å². The summed E-state index contributed by atoms with van der Waals surface area (Å²) in [5, 5.41) is 4.36. The van der Waals surface area contributed by atoms with E-state index in [1.54, 1.807) is 7.11 Å². The van der Waals surface area contributed by atoms with Gasteiger partial charge in [-0.15, -0.1) is 0 Å². The van der Waals surface area contributed by atoms with Crippen LogP contribution >= 0.6 is 11.8 Å². The molecule has 0 aliphatic rings. The lowest BCUT2D eigenvalue weighted by Gasteiger charge is -2.17. The number of nitrogens with one attached hydrogen (secondary N) is 2. The number of aromatic amines is 1. The zero-order valence-corrected chi connectivity index (χ0v) is 18.8. The van der Waals surface area contributed by atoms with Crippen LogP contribution in [0.5, 0.6) is 5.75 Å². The van der Waals surface area contributed by atoms with Crippen molar-refractivity contribution in [3.63, 3.8) is 0 Å². The lowest BCUT2D eigenvalue weighted by atomic mass is 10.0. The fraction of sp³-hybridized carbons (Fsp3) is 0.208. The van der Waals surface area contributed by atoms with Crippen LogP contribution in [0, 0.1) is 6.92 Å². The molecule has 0 saturated carbocycles. The summed E-state index contributed by atoms with van der Waals surface area (Å²) >= 11 is 1.34. The summed E-state index contributed by atoms with van der Waals surface area (Å²) < 4.78 is 11.4. The van der Waals surface area contributed by atoms with Crippen LogP contribution in [0.2, 0.25) is 0 Å². The van der Waals surface area contributed by atoms with Crippen molar-refractivity contribution >= 4 is 28.6 Å². The highest BCUT2D eigenvalue weighted by molar-refractivity contribution is 7.98. The number of amides is 1. The summed E-state index contributed by atoms with van der Waals surface area (Å²) in [4.78, 5) is 31.7. The van der Waals surface area contributed by atoms with Gasteiger partial charge in [0.2, 0.25) is 0 Å². The molecule has 7 nitrogen and oxygen atoms in total. The number of hydrogen-bond donors (Lipinski definition) is 2. The number of aryl methyl sites for hydroxylation is 1. The van der Waals surface area contributed by atoms with Crippen molar-refractivity contribution in [2.24, 2.45) is 0 Å². The summed E-state index contributed by atoms with van der Waals surface area (Å²) in [7, 11) is 1.61. The fourth-order valence-corrected chi connectivity index (χ4v) is 4.40. The van der Waals surface area contributed by atoms with E-state index in [-0.39, 0.29) is 23.3 Å². The Labute approximate surface area is 189 Å². The van der Waals surface area contributed by atoms with Crippen LogP contribution in [0.1, 0.15) is 40.2 Å². The monoisotopic (exact) mass is 449 g/mol. The number of benzene rings is 2. The van der Waals surface area contributed by atoms with Gasteiger partial charge in [-0.25, -0.2) is 4.98 Å². The first kappa shape index (κ1) is 21.7. The van der Waals surface area contributed by atoms with E-state index in [0.29, 0.717) is 22.2 Å². The minimum atomic E-state index is -0.317. The Morgan fingerprint density at radius 1 is 1.25 bits per heavy atom. The topological polar surface area (TPSA) is 97.2 Å². The summed E-state index contributed by atoms with van der Waals surface area (Å²) in [5.74, 6) is 1.05. The molecule has 2 N–H and O–H groups in total. The molecule has 4 rings (SSSR count). The average Bonchev–Trinajstić information content (AvgIpc) is 3.16. The minimum absolute atomic E-state index is 0.224. The molecule has 0 radical (unpaired) electrons. The number of carbonyl (C=O) groups is 1. The number of para-hydroxylation sites is 1. The predicted octanol–water partition coefficient (Wildman–Crippen LogP) is 4.62. The number of rotatable bonds is 7. The number of H-pyrrole nitrogens is 1. The van der Waals surface area contributed by atoms with Crippen LogP contribution in [0.25, 0.3) is 11.0 Å². The second-order valence-corrected chi connectivity index (χ2v) is 8.34. The molecule has 0 aliphatic carbocycles. The molecule has 2 heterocycles. The maximum absolute atomic E-state index is 13.2. The number of carbonyl (C=O) groups excluding carboxylic acids is 1. The maximum atomic E-state index is 13.2. The standard InChI is InChI=1S/C24H23N3O4S/c1-14-8-9-19(30-3)17(12-14)15(2)26-23(29)22-18(16-6-4-5-7-20(16)31-22)13-32-24-25-11-10-21(28)27-24/h4-12,15H,13H2,1-3H3,(H,26,29)(H,25,27,28)/t15-/m0/s1. The molecule has 0 fully saturated rings. The van der Waals surface area contributed by atoms with Crippen LogP contribution in [0.3, 0.4) is 0 Å². The second kappa shape index (κ2) is 9.32. The molecule has 0 bridgehead atoms. The van der Waals surface area contributed by atoms with Crippen molar-refractivity contribution in [1.82, 2.24) is 15.3 Å². The molecule has 8 heteroatoms. The van der Waals surface area contributed by atoms with Gasteiger partial charge in [0, 0.05) is 34.5 Å². The molecule has 0 spiro atoms. The lowest BCUT2D eigenvalue weighted by Crippen LogP contribution is -2.27. The van der Waals surface area contributed by atoms with Crippen molar-refractivity contribution < 1.29 is 13.9 Å². The number of furan rings is 1. The lowest BCUT2D eigenvalue weighted by molar-refractivity contribution is 0.0912. The van der Waals surface area contributed by atoms with Crippen molar-refractivity contribution in [2.75, 3.05) is 7.11 Å². The third-order valence-corrected chi connectivity index (χ3v) is 6.02. The number of nitrogens with zero attached hydrogens (tertiary/aromatic N) is 1. The van der Waals surface area contributed by atoms with E-state index in [0.717, 1.165) is 22.1 Å². The van der Waals surface area contributed by atoms with E-state index in [2.05, 4.69) is 15.3 Å². The Hall–Kier alpha value is -3.52. The SMILES string of the molecule is COc1ccc(C)cc1[C@H](C)NC(=O)c1oc2ccccc2c1CSc1nccc(=O)[nH]1. The minimum Gasteiger partial charge on any atom is -0.496 e. The van der Waals surface area contributed by atoms with Gasteiger partial charge in [0.15, 0.2) is 10.9 Å². The highest BCUT2D eigenvalue weighted by atomic mass is 32.2. The molecular weight excluding hydrogens is 426 g/mol. The van der Waals surface area contributed by atoms with Crippen molar-refractivity contribution in [1.29, 1.82) is 0 Å². The predicted molar refractivity (Wildman–Crippen MR) is 124 cm³/mol. The molecule has 164 valence electrons. The Kier molecular flexibility index (Phi) is 6.32. The van der Waals surface area contributed by atoms with Crippen molar-refractivity contribution in [2.45, 2.75) is 30.8 Å². The third-order valence-electron chi connectivity index (χ3n) is 5.10. The molecule has 1 atom stereocenters. The maximum Gasteiger partial charge on any atom is 0.287 e. The molecular formula is C24H23N3O4S. The smallest absolute Gasteiger partial charge is 0.287 e. The number of methoxy groups -OCH3 is 1. The van der Waals surface area contributed by atoms with E-state index < -0.39 is 0 Å². The molecule has 0 unspecified atom stereocenters. The quantitative estimate of drug-likeness (QED) is 0.316. The van der Waals surface area contributed by atoms with Crippen LogP contribution in [-0.2, 0) is 5.75 Å². The molecule has 0 saturated heterocycles. The molecule has 0 aliphatic heterocycles. The average molecular weight is 450 g/mol. The first-order valence-electron chi connectivity index (χ1n) is 10.1. The van der Waals surface area contributed by atoms with Gasteiger partial charge in [-0.2, -0.15) is 0 Å². The third kappa shape index (κ3) is 4.55. The van der Waals surface area contributed by atoms with Gasteiger partial charge in [-0.1, -0.05) is 47.7 Å². The second-order valence-electron chi connectivity index (χ2n) is 7.37. The molecule has 2 aromatic heterocycles. The summed E-state index contributed by atoms with van der Waals surface area (Å²) in [6, 6.07) is 14.4. The molecule has 32 heavy (non-hydrogen) atoms. The first-order chi connectivity index (χ1) is 15.5.